The molecule has 314 valence electrons. The molecule has 0 unspecified atom stereocenters. The van der Waals surface area contributed by atoms with Crippen LogP contribution in [-0.4, -0.2) is 96.9 Å². The first kappa shape index (κ1) is 46.0. The van der Waals surface area contributed by atoms with Crippen molar-refractivity contribution in [3.05, 3.63) is 46.9 Å². The average molecular weight is 824 g/mol. The topological polar surface area (TPSA) is 353 Å². The van der Waals surface area contributed by atoms with Gasteiger partial charge in [0.2, 0.25) is 17.7 Å². The molecule has 1 fully saturated rings. The second-order valence-corrected chi connectivity index (χ2v) is 14.2. The predicted molar refractivity (Wildman–Crippen MR) is 224 cm³/mol. The Morgan fingerprint density at radius 2 is 1.24 bits per heavy atom. The van der Waals surface area contributed by atoms with E-state index in [1.54, 1.807) is 18.2 Å². The van der Waals surface area contributed by atoms with Gasteiger partial charge in [0, 0.05) is 31.4 Å². The lowest BCUT2D eigenvalue weighted by Gasteiger charge is -2.25. The number of nitrogens with two attached hydrogens (primary N) is 6. The molecule has 0 radical (unpaired) electrons. The number of amides is 5. The maximum Gasteiger partial charge on any atom is 0.290 e. The van der Waals surface area contributed by atoms with Crippen LogP contribution in [0.4, 0.5) is 4.79 Å². The third kappa shape index (κ3) is 16.0. The second kappa shape index (κ2) is 23.6. The molecular formula is C37H53N13O7S. The number of fused-ring (bicyclic) bond motifs is 1. The Morgan fingerprint density at radius 3 is 1.76 bits per heavy atom. The van der Waals surface area contributed by atoms with Gasteiger partial charge in [-0.1, -0.05) is 30.3 Å². The van der Waals surface area contributed by atoms with Crippen LogP contribution in [-0.2, 0) is 24.0 Å². The number of nitrogens with zero attached hydrogens (tertiary/aromatic N) is 3. The smallest absolute Gasteiger partial charge is 0.290 e. The summed E-state index contributed by atoms with van der Waals surface area (Å²) in [6.07, 6.45) is 3.47. The van der Waals surface area contributed by atoms with E-state index in [0.717, 1.165) is 28.1 Å². The number of aliphatic imine (C=N–C) groups is 3. The second-order valence-electron chi connectivity index (χ2n) is 13.2. The zero-order chi connectivity index (χ0) is 42.6. The molecule has 1 saturated heterocycles. The van der Waals surface area contributed by atoms with Crippen molar-refractivity contribution in [2.75, 3.05) is 26.2 Å². The van der Waals surface area contributed by atoms with E-state index in [-0.39, 0.29) is 80.5 Å². The maximum atomic E-state index is 13.7. The summed E-state index contributed by atoms with van der Waals surface area (Å²) >= 11 is 0.830. The van der Waals surface area contributed by atoms with Crippen LogP contribution in [0.25, 0.3) is 16.8 Å². The summed E-state index contributed by atoms with van der Waals surface area (Å²) in [5.74, 6) is -2.24. The van der Waals surface area contributed by atoms with E-state index in [4.69, 9.17) is 39.1 Å². The fourth-order valence-electron chi connectivity index (χ4n) is 5.76. The van der Waals surface area contributed by atoms with Gasteiger partial charge < -0.3 is 55.1 Å². The Balaban J connectivity index is 1.68. The minimum atomic E-state index is -1.11. The number of rotatable bonds is 24. The van der Waals surface area contributed by atoms with Crippen molar-refractivity contribution in [3.63, 3.8) is 0 Å². The number of guanidine groups is 3. The predicted octanol–water partition coefficient (Wildman–Crippen LogP) is -0.473. The molecule has 21 heteroatoms. The van der Waals surface area contributed by atoms with E-state index < -0.39 is 47.0 Å². The molecule has 0 spiro atoms. The molecule has 0 aromatic heterocycles. The summed E-state index contributed by atoms with van der Waals surface area (Å²) in [6.45, 7) is 2.11. The molecule has 0 aliphatic carbocycles. The van der Waals surface area contributed by atoms with Gasteiger partial charge in [0.1, 0.15) is 17.8 Å². The van der Waals surface area contributed by atoms with Crippen molar-refractivity contribution in [1.29, 1.82) is 0 Å². The minimum absolute atomic E-state index is 0.00271. The summed E-state index contributed by atoms with van der Waals surface area (Å²) < 4.78 is 6.05. The Morgan fingerprint density at radius 1 is 0.724 bits per heavy atom. The van der Waals surface area contributed by atoms with E-state index in [0.29, 0.717) is 31.4 Å². The maximum absolute atomic E-state index is 13.7. The van der Waals surface area contributed by atoms with Crippen LogP contribution in [0.1, 0.15) is 63.9 Å². The number of benzene rings is 2. The number of imide groups is 1. The molecule has 0 bridgehead atoms. The molecule has 1 aliphatic heterocycles. The molecule has 2 aromatic carbocycles. The van der Waals surface area contributed by atoms with Crippen molar-refractivity contribution < 1.29 is 33.5 Å². The highest BCUT2D eigenvalue weighted by Crippen LogP contribution is 2.33. The number of Topliss-reactive ketones (excluding diaryl/α,β-unsaturated/α-hetero) is 1. The molecule has 16 N–H and O–H groups in total. The van der Waals surface area contributed by atoms with E-state index in [1.165, 1.54) is 6.92 Å². The van der Waals surface area contributed by atoms with Crippen LogP contribution in [0.5, 0.6) is 5.75 Å². The van der Waals surface area contributed by atoms with Gasteiger partial charge in [0.05, 0.1) is 17.6 Å². The SMILES string of the molecule is CC(=O)[C@H](CCCN=C(N)N)NC(=O)[C@H](CCCN=C(N)N)NC(=O)[C@H](CCCN=C(N)N)NC(=O)CCCOc1ccc(C=C2SC(=O)NC2=O)c2ccccc12. The monoisotopic (exact) mass is 823 g/mol. The number of hydrogen-bond acceptors (Lipinski definition) is 11. The van der Waals surface area contributed by atoms with Crippen molar-refractivity contribution in [2.45, 2.75) is 76.4 Å². The summed E-state index contributed by atoms with van der Waals surface area (Å²) in [5, 5.41) is 11.6. The quantitative estimate of drug-likeness (QED) is 0.0277. The first-order valence-electron chi connectivity index (χ1n) is 18.6. The third-order valence-electron chi connectivity index (χ3n) is 8.58. The van der Waals surface area contributed by atoms with Crippen molar-refractivity contribution in [3.8, 4) is 5.75 Å². The standard InChI is InChI=1S/C37H53N13O7S/c1-21(51)25(10-4-16-44-34(38)39)48-32(54)27(12-6-18-46-36(42)43)49-31(53)26(11-5-17-45-35(40)41)47-30(52)13-7-19-57-28-15-14-22(23-8-2-3-9-24(23)28)20-29-33(55)50-37(56)58-29/h2-3,8-9,14-15,20,25-27H,4-7,10-13,16-19H2,1H3,(H,47,52)(H,48,54)(H,49,53)(H4,38,39,44)(H4,40,41,45)(H4,42,43,46)(H,50,55,56)/t25-,26-,27-/m0/s1. The Labute approximate surface area is 339 Å². The van der Waals surface area contributed by atoms with E-state index in [9.17, 15) is 28.8 Å². The van der Waals surface area contributed by atoms with Gasteiger partial charge in [-0.3, -0.25) is 49.1 Å². The third-order valence-corrected chi connectivity index (χ3v) is 9.39. The molecule has 58 heavy (non-hydrogen) atoms. The largest absolute Gasteiger partial charge is 0.493 e. The van der Waals surface area contributed by atoms with Crippen molar-refractivity contribution in [1.82, 2.24) is 21.3 Å². The highest BCUT2D eigenvalue weighted by Gasteiger charge is 2.29. The van der Waals surface area contributed by atoms with Crippen LogP contribution < -0.4 is 60.4 Å². The Kier molecular flexibility index (Phi) is 18.7. The van der Waals surface area contributed by atoms with E-state index in [2.05, 4.69) is 36.2 Å². The Hall–Kier alpha value is -6.38. The lowest BCUT2D eigenvalue weighted by molar-refractivity contribution is -0.133. The van der Waals surface area contributed by atoms with Gasteiger partial charge in [-0.15, -0.1) is 0 Å². The fraction of sp³-hybridized carbons (Fsp3) is 0.432. The summed E-state index contributed by atoms with van der Waals surface area (Å²) in [5.41, 5.74) is 33.3. The molecule has 1 aliphatic rings. The number of ketones is 1. The molecule has 2 aromatic rings. The van der Waals surface area contributed by atoms with Gasteiger partial charge in [0.25, 0.3) is 11.1 Å². The van der Waals surface area contributed by atoms with Crippen LogP contribution >= 0.6 is 11.8 Å². The van der Waals surface area contributed by atoms with Crippen molar-refractivity contribution in [2.24, 2.45) is 49.4 Å². The molecule has 5 amide bonds. The summed E-state index contributed by atoms with van der Waals surface area (Å²) in [4.78, 5) is 88.7. The number of carbonyl (C=O) groups excluding carboxylic acids is 6. The zero-order valence-electron chi connectivity index (χ0n) is 32.3. The lowest BCUT2D eigenvalue weighted by atomic mass is 10.0. The number of ether oxygens (including phenoxy) is 1. The Bertz CT molecular complexity index is 1920. The molecular weight excluding hydrogens is 771 g/mol. The van der Waals surface area contributed by atoms with E-state index in [1.807, 2.05) is 24.3 Å². The summed E-state index contributed by atoms with van der Waals surface area (Å²) in [6, 6.07) is 7.91. The highest BCUT2D eigenvalue weighted by molar-refractivity contribution is 8.18. The van der Waals surface area contributed by atoms with Crippen LogP contribution in [0, 0.1) is 0 Å². The number of carbonyl (C=O) groups is 6. The summed E-state index contributed by atoms with van der Waals surface area (Å²) in [7, 11) is 0. The van der Waals surface area contributed by atoms with Gasteiger partial charge in [0.15, 0.2) is 23.7 Å². The highest BCUT2D eigenvalue weighted by atomic mass is 32.2. The normalized spacial score (nSPS) is 14.4. The van der Waals surface area contributed by atoms with Gasteiger partial charge in [-0.05, 0) is 86.7 Å². The first-order valence-corrected chi connectivity index (χ1v) is 19.4. The van der Waals surface area contributed by atoms with E-state index >= 15 is 0 Å². The number of hydrogen-bond donors (Lipinski definition) is 10. The van der Waals surface area contributed by atoms with Gasteiger partial charge >= 0.3 is 0 Å². The molecule has 0 saturated carbocycles. The number of nitrogens with one attached hydrogen (secondary N) is 4. The van der Waals surface area contributed by atoms with Crippen molar-refractivity contribution >= 4 is 81.1 Å². The zero-order valence-corrected chi connectivity index (χ0v) is 33.1. The first-order chi connectivity index (χ1) is 27.6. The lowest BCUT2D eigenvalue weighted by Crippen LogP contribution is -2.55. The van der Waals surface area contributed by atoms with Gasteiger partial charge in [-0.25, -0.2) is 0 Å². The minimum Gasteiger partial charge on any atom is -0.493 e. The van der Waals surface area contributed by atoms with Crippen LogP contribution in [0.3, 0.4) is 0 Å². The number of thioether (sulfide) groups is 1. The van der Waals surface area contributed by atoms with Gasteiger partial charge in [-0.2, -0.15) is 0 Å². The molecule has 1 heterocycles. The molecule has 20 nitrogen and oxygen atoms in total. The van der Waals surface area contributed by atoms with Crippen LogP contribution in [0.2, 0.25) is 0 Å². The molecule has 3 rings (SSSR count). The average Bonchev–Trinajstić information content (AvgIpc) is 3.49. The molecule has 3 atom stereocenters. The fourth-order valence-corrected chi connectivity index (χ4v) is 6.43. The van der Waals surface area contributed by atoms with Crippen LogP contribution in [0.15, 0.2) is 56.3 Å².